The Morgan fingerprint density at radius 3 is 2.24 bits per heavy atom. The maximum absolute atomic E-state index is 12.1. The molecule has 1 aliphatic rings. The summed E-state index contributed by atoms with van der Waals surface area (Å²) in [7, 11) is 0. The molecule has 0 saturated carbocycles. The zero-order valence-electron chi connectivity index (χ0n) is 12.0. The van der Waals surface area contributed by atoms with Crippen LogP contribution in [-0.4, -0.2) is 57.5 Å². The number of nitrogens with zero attached hydrogens (tertiary/aromatic N) is 1. The molecule has 0 spiro atoms. The van der Waals surface area contributed by atoms with Crippen molar-refractivity contribution in [3.8, 4) is 0 Å². The van der Waals surface area contributed by atoms with E-state index in [-0.39, 0.29) is 6.54 Å². The summed E-state index contributed by atoms with van der Waals surface area (Å²) in [5.74, 6) is -4.86. The predicted octanol–water partition coefficient (Wildman–Crippen LogP) is -0.322. The third kappa shape index (κ3) is 4.17. The molecule has 1 saturated heterocycles. The second-order valence-electron chi connectivity index (χ2n) is 5.38. The minimum atomic E-state index is -1.24. The molecule has 0 bridgehead atoms. The van der Waals surface area contributed by atoms with Gasteiger partial charge in [0, 0.05) is 6.54 Å². The number of hydrogen-bond acceptors (Lipinski definition) is 4. The first-order chi connectivity index (χ1) is 9.75. The maximum Gasteiger partial charge on any atom is 0.326 e. The minimum absolute atomic E-state index is 0.183. The number of amides is 2. The third-order valence-electron chi connectivity index (χ3n) is 3.46. The first-order valence-electron chi connectivity index (χ1n) is 6.82. The molecule has 1 unspecified atom stereocenters. The molecule has 8 heteroatoms. The number of aliphatic carboxylic acids is 2. The largest absolute Gasteiger partial charge is 0.480 e. The summed E-state index contributed by atoms with van der Waals surface area (Å²) in [4.78, 5) is 47.0. The molecule has 0 aromatic rings. The highest BCUT2D eigenvalue weighted by Crippen LogP contribution is 2.17. The lowest BCUT2D eigenvalue weighted by molar-refractivity contribution is -0.157. The van der Waals surface area contributed by atoms with Crippen LogP contribution in [0.3, 0.4) is 0 Å². The first-order valence-corrected chi connectivity index (χ1v) is 6.82. The van der Waals surface area contributed by atoms with Crippen LogP contribution in [0.1, 0.15) is 33.1 Å². The van der Waals surface area contributed by atoms with E-state index in [9.17, 15) is 19.2 Å². The molecule has 2 amide bonds. The van der Waals surface area contributed by atoms with Crippen LogP contribution in [0, 0.1) is 5.92 Å². The van der Waals surface area contributed by atoms with E-state index in [4.69, 9.17) is 10.2 Å². The maximum atomic E-state index is 12.1. The molecule has 1 fully saturated rings. The number of rotatable bonds is 4. The van der Waals surface area contributed by atoms with E-state index in [1.54, 1.807) is 13.8 Å². The monoisotopic (exact) mass is 300 g/mol. The molecular weight excluding hydrogens is 280 g/mol. The average Bonchev–Trinajstić information content (AvgIpc) is 2.42. The van der Waals surface area contributed by atoms with Gasteiger partial charge in [0.2, 0.25) is 0 Å². The molecule has 1 aliphatic heterocycles. The second-order valence-corrected chi connectivity index (χ2v) is 5.38. The molecule has 0 aromatic carbocycles. The molecule has 2 atom stereocenters. The zero-order valence-corrected chi connectivity index (χ0v) is 12.0. The standard InChI is InChI=1S/C13H20N2O6/c1-7(2)9(13(20)21)14-10(16)11(17)15-6-4-3-5-8(15)12(18)19/h7-9H,3-6H2,1-2H3,(H,14,16)(H,18,19)(H,20,21)/t8-,9?/m0/s1. The number of carbonyl (C=O) groups excluding carboxylic acids is 2. The Bertz CT molecular complexity index is 448. The van der Waals surface area contributed by atoms with E-state index in [0.717, 1.165) is 4.90 Å². The van der Waals surface area contributed by atoms with Crippen molar-refractivity contribution < 1.29 is 29.4 Å². The normalized spacial score (nSPS) is 20.0. The van der Waals surface area contributed by atoms with Crippen LogP contribution in [-0.2, 0) is 19.2 Å². The van der Waals surface area contributed by atoms with Crippen molar-refractivity contribution >= 4 is 23.8 Å². The number of nitrogens with one attached hydrogen (secondary N) is 1. The van der Waals surface area contributed by atoms with Gasteiger partial charge in [-0.2, -0.15) is 0 Å². The van der Waals surface area contributed by atoms with Crippen molar-refractivity contribution in [2.75, 3.05) is 6.54 Å². The van der Waals surface area contributed by atoms with Gasteiger partial charge in [-0.15, -0.1) is 0 Å². The number of carbonyl (C=O) groups is 4. The molecule has 1 heterocycles. The summed E-state index contributed by atoms with van der Waals surface area (Å²) < 4.78 is 0. The highest BCUT2D eigenvalue weighted by atomic mass is 16.4. The van der Waals surface area contributed by atoms with Crippen LogP contribution in [0.25, 0.3) is 0 Å². The summed E-state index contributed by atoms with van der Waals surface area (Å²) in [5, 5.41) is 20.2. The Morgan fingerprint density at radius 2 is 1.76 bits per heavy atom. The average molecular weight is 300 g/mol. The summed E-state index contributed by atoms with van der Waals surface area (Å²) in [5.41, 5.74) is 0. The summed E-state index contributed by atoms with van der Waals surface area (Å²) in [6.07, 6.45) is 1.59. The predicted molar refractivity (Wildman–Crippen MR) is 71.4 cm³/mol. The number of likely N-dealkylation sites (tertiary alicyclic amines) is 1. The SMILES string of the molecule is CC(C)C(NC(=O)C(=O)N1CCCC[C@H]1C(=O)O)C(=O)O. The molecule has 1 rings (SSSR count). The van der Waals surface area contributed by atoms with E-state index in [1.807, 2.05) is 0 Å². The van der Waals surface area contributed by atoms with Gasteiger partial charge in [0.05, 0.1) is 0 Å². The van der Waals surface area contributed by atoms with Crippen molar-refractivity contribution in [1.29, 1.82) is 0 Å². The van der Waals surface area contributed by atoms with Gasteiger partial charge < -0.3 is 20.4 Å². The van der Waals surface area contributed by atoms with Gasteiger partial charge in [-0.05, 0) is 25.2 Å². The molecule has 8 nitrogen and oxygen atoms in total. The summed E-state index contributed by atoms with van der Waals surface area (Å²) >= 11 is 0. The Kier molecular flexibility index (Phi) is 5.69. The van der Waals surface area contributed by atoms with Crippen molar-refractivity contribution in [2.45, 2.75) is 45.2 Å². The van der Waals surface area contributed by atoms with Gasteiger partial charge in [-0.1, -0.05) is 13.8 Å². The fraction of sp³-hybridized carbons (Fsp3) is 0.692. The van der Waals surface area contributed by atoms with Gasteiger partial charge in [-0.3, -0.25) is 9.59 Å². The fourth-order valence-electron chi connectivity index (χ4n) is 2.28. The molecular formula is C13H20N2O6. The van der Waals surface area contributed by atoms with Gasteiger partial charge in [0.15, 0.2) is 0 Å². The summed E-state index contributed by atoms with van der Waals surface area (Å²) in [6, 6.07) is -2.21. The second kappa shape index (κ2) is 7.05. The van der Waals surface area contributed by atoms with E-state index in [1.165, 1.54) is 0 Å². The number of hydrogen-bond donors (Lipinski definition) is 3. The van der Waals surface area contributed by atoms with E-state index in [2.05, 4.69) is 5.32 Å². The van der Waals surface area contributed by atoms with Crippen LogP contribution < -0.4 is 5.32 Å². The van der Waals surface area contributed by atoms with Crippen LogP contribution in [0.2, 0.25) is 0 Å². The lowest BCUT2D eigenvalue weighted by Crippen LogP contribution is -2.55. The quantitative estimate of drug-likeness (QED) is 0.611. The van der Waals surface area contributed by atoms with Crippen molar-refractivity contribution in [3.05, 3.63) is 0 Å². The number of piperidine rings is 1. The van der Waals surface area contributed by atoms with Crippen LogP contribution in [0.5, 0.6) is 0 Å². The summed E-state index contributed by atoms with van der Waals surface area (Å²) in [6.45, 7) is 3.39. The Hall–Kier alpha value is -2.12. The van der Waals surface area contributed by atoms with E-state index >= 15 is 0 Å². The Labute approximate surface area is 122 Å². The number of carboxylic acid groups (broad SMARTS) is 2. The highest BCUT2D eigenvalue weighted by molar-refractivity contribution is 6.35. The van der Waals surface area contributed by atoms with Gasteiger partial charge >= 0.3 is 23.8 Å². The Morgan fingerprint density at radius 1 is 1.14 bits per heavy atom. The smallest absolute Gasteiger partial charge is 0.326 e. The van der Waals surface area contributed by atoms with Crippen LogP contribution >= 0.6 is 0 Å². The molecule has 0 aliphatic carbocycles. The topological polar surface area (TPSA) is 124 Å². The highest BCUT2D eigenvalue weighted by Gasteiger charge is 2.36. The molecule has 21 heavy (non-hydrogen) atoms. The molecule has 118 valence electrons. The van der Waals surface area contributed by atoms with Crippen LogP contribution in [0.15, 0.2) is 0 Å². The van der Waals surface area contributed by atoms with Gasteiger partial charge in [-0.25, -0.2) is 9.59 Å². The zero-order chi connectivity index (χ0) is 16.2. The van der Waals surface area contributed by atoms with Gasteiger partial charge in [0.1, 0.15) is 12.1 Å². The van der Waals surface area contributed by atoms with Crippen molar-refractivity contribution in [3.63, 3.8) is 0 Å². The Balaban J connectivity index is 2.78. The first kappa shape index (κ1) is 16.9. The van der Waals surface area contributed by atoms with Crippen LogP contribution in [0.4, 0.5) is 0 Å². The van der Waals surface area contributed by atoms with Gasteiger partial charge in [0.25, 0.3) is 0 Å². The molecule has 0 radical (unpaired) electrons. The molecule has 0 aromatic heterocycles. The lowest BCUT2D eigenvalue weighted by atomic mass is 10.0. The lowest BCUT2D eigenvalue weighted by Gasteiger charge is -2.32. The van der Waals surface area contributed by atoms with Crippen molar-refractivity contribution in [1.82, 2.24) is 10.2 Å². The van der Waals surface area contributed by atoms with Crippen molar-refractivity contribution in [2.24, 2.45) is 5.92 Å². The minimum Gasteiger partial charge on any atom is -0.480 e. The number of carboxylic acids is 2. The fourth-order valence-corrected chi connectivity index (χ4v) is 2.28. The van der Waals surface area contributed by atoms with E-state index < -0.39 is 41.8 Å². The van der Waals surface area contributed by atoms with E-state index in [0.29, 0.717) is 19.3 Å². The molecule has 3 N–H and O–H groups in total. The third-order valence-corrected chi connectivity index (χ3v) is 3.46.